The molecule has 0 saturated carbocycles. The fourth-order valence-electron chi connectivity index (χ4n) is 1.86. The van der Waals surface area contributed by atoms with E-state index in [1.54, 1.807) is 0 Å². The Morgan fingerprint density at radius 2 is 2.19 bits per heavy atom. The van der Waals surface area contributed by atoms with Crippen LogP contribution in [0.3, 0.4) is 0 Å². The second-order valence-corrected chi connectivity index (χ2v) is 3.74. The molecule has 0 bridgehead atoms. The Morgan fingerprint density at radius 3 is 3.00 bits per heavy atom. The molecule has 0 saturated heterocycles. The average Bonchev–Trinajstić information content (AvgIpc) is 2.89. The number of rotatable bonds is 3. The van der Waals surface area contributed by atoms with E-state index in [9.17, 15) is 0 Å². The summed E-state index contributed by atoms with van der Waals surface area (Å²) in [4.78, 5) is 0. The number of hydrogen-bond acceptors (Lipinski definition) is 4. The minimum absolute atomic E-state index is 0.311. The molecule has 0 spiro atoms. The summed E-state index contributed by atoms with van der Waals surface area (Å²) in [6.07, 6.45) is 1.85. The van der Waals surface area contributed by atoms with Gasteiger partial charge < -0.3 is 14.8 Å². The Bertz CT molecular complexity index is 521. The number of nitrogens with zero attached hydrogens (tertiary/aromatic N) is 2. The summed E-state index contributed by atoms with van der Waals surface area (Å²) in [5.74, 6) is 1.61. The molecule has 16 heavy (non-hydrogen) atoms. The van der Waals surface area contributed by atoms with Gasteiger partial charge in [-0.25, -0.2) is 0 Å². The Labute approximate surface area is 93.0 Å². The van der Waals surface area contributed by atoms with Crippen LogP contribution in [0, 0.1) is 0 Å². The molecule has 5 nitrogen and oxygen atoms in total. The average molecular weight is 219 g/mol. The van der Waals surface area contributed by atoms with Gasteiger partial charge in [0.1, 0.15) is 0 Å². The lowest BCUT2D eigenvalue weighted by Crippen LogP contribution is -2.15. The zero-order valence-corrected chi connectivity index (χ0v) is 9.06. The van der Waals surface area contributed by atoms with Crippen molar-refractivity contribution in [1.29, 1.82) is 0 Å². The largest absolute Gasteiger partial charge is 0.454 e. The second kappa shape index (κ2) is 3.68. The molecule has 1 aliphatic heterocycles. The highest BCUT2D eigenvalue weighted by Crippen LogP contribution is 2.35. The van der Waals surface area contributed by atoms with Gasteiger partial charge in [0.2, 0.25) is 6.79 Å². The van der Waals surface area contributed by atoms with Crippen molar-refractivity contribution in [2.75, 3.05) is 20.4 Å². The predicted molar refractivity (Wildman–Crippen MR) is 59.8 cm³/mol. The third-order valence-corrected chi connectivity index (χ3v) is 2.71. The van der Waals surface area contributed by atoms with E-state index >= 15 is 0 Å². The summed E-state index contributed by atoms with van der Waals surface area (Å²) < 4.78 is 12.6. The van der Waals surface area contributed by atoms with E-state index in [0.717, 1.165) is 35.5 Å². The lowest BCUT2D eigenvalue weighted by molar-refractivity contribution is 0.174. The third kappa shape index (κ3) is 1.40. The van der Waals surface area contributed by atoms with Crippen molar-refractivity contribution in [1.82, 2.24) is 15.1 Å². The van der Waals surface area contributed by atoms with Crippen LogP contribution in [0.25, 0.3) is 10.9 Å². The minimum Gasteiger partial charge on any atom is -0.454 e. The van der Waals surface area contributed by atoms with Crippen molar-refractivity contribution >= 4 is 10.9 Å². The van der Waals surface area contributed by atoms with Crippen molar-refractivity contribution in [3.05, 3.63) is 18.3 Å². The summed E-state index contributed by atoms with van der Waals surface area (Å²) in [6.45, 7) is 2.05. The van der Waals surface area contributed by atoms with E-state index in [1.807, 2.05) is 30.1 Å². The first-order valence-electron chi connectivity index (χ1n) is 5.28. The molecule has 5 heteroatoms. The summed E-state index contributed by atoms with van der Waals surface area (Å²) in [5, 5.41) is 8.53. The van der Waals surface area contributed by atoms with Crippen LogP contribution in [0.1, 0.15) is 0 Å². The number of fused-ring (bicyclic) bond motifs is 2. The van der Waals surface area contributed by atoms with Gasteiger partial charge in [-0.05, 0) is 13.1 Å². The smallest absolute Gasteiger partial charge is 0.231 e. The lowest BCUT2D eigenvalue weighted by Gasteiger charge is -2.03. The zero-order chi connectivity index (χ0) is 11.0. The van der Waals surface area contributed by atoms with Crippen LogP contribution >= 0.6 is 0 Å². The monoisotopic (exact) mass is 219 g/mol. The van der Waals surface area contributed by atoms with E-state index in [0.29, 0.717) is 6.79 Å². The molecule has 0 atom stereocenters. The van der Waals surface area contributed by atoms with Crippen LogP contribution in [0.4, 0.5) is 0 Å². The maximum atomic E-state index is 5.36. The number of likely N-dealkylation sites (N-methyl/N-ethyl adjacent to an activating group) is 1. The fourth-order valence-corrected chi connectivity index (χ4v) is 1.86. The van der Waals surface area contributed by atoms with Crippen LogP contribution in [-0.4, -0.2) is 30.2 Å². The fraction of sp³-hybridized carbons (Fsp3) is 0.364. The molecule has 0 radical (unpaired) electrons. The van der Waals surface area contributed by atoms with Gasteiger partial charge in [0.05, 0.1) is 18.3 Å². The predicted octanol–water partition coefficient (Wildman–Crippen LogP) is 0.984. The van der Waals surface area contributed by atoms with Gasteiger partial charge in [0.15, 0.2) is 11.5 Å². The van der Waals surface area contributed by atoms with E-state index < -0.39 is 0 Å². The van der Waals surface area contributed by atoms with Crippen molar-refractivity contribution in [2.24, 2.45) is 0 Å². The van der Waals surface area contributed by atoms with Gasteiger partial charge in [0, 0.05) is 18.0 Å². The van der Waals surface area contributed by atoms with Crippen molar-refractivity contribution in [3.8, 4) is 11.5 Å². The molecule has 1 aliphatic rings. The van der Waals surface area contributed by atoms with Gasteiger partial charge in [-0.3, -0.25) is 4.68 Å². The van der Waals surface area contributed by atoms with Gasteiger partial charge >= 0.3 is 0 Å². The summed E-state index contributed by atoms with van der Waals surface area (Å²) in [6, 6.07) is 3.96. The molecule has 0 aliphatic carbocycles. The van der Waals surface area contributed by atoms with Gasteiger partial charge in [0.25, 0.3) is 0 Å². The second-order valence-electron chi connectivity index (χ2n) is 3.74. The number of aromatic nitrogens is 2. The van der Waals surface area contributed by atoms with E-state index in [2.05, 4.69) is 10.4 Å². The highest BCUT2D eigenvalue weighted by molar-refractivity contribution is 5.83. The highest BCUT2D eigenvalue weighted by atomic mass is 16.7. The first-order valence-corrected chi connectivity index (χ1v) is 5.28. The van der Waals surface area contributed by atoms with Crippen LogP contribution in [0.2, 0.25) is 0 Å². The third-order valence-electron chi connectivity index (χ3n) is 2.71. The van der Waals surface area contributed by atoms with Crippen LogP contribution in [-0.2, 0) is 6.54 Å². The summed E-state index contributed by atoms with van der Waals surface area (Å²) in [7, 11) is 1.93. The first-order chi connectivity index (χ1) is 7.88. The minimum atomic E-state index is 0.311. The molecule has 3 rings (SSSR count). The molecule has 84 valence electrons. The Hall–Kier alpha value is -1.75. The van der Waals surface area contributed by atoms with Crippen LogP contribution < -0.4 is 14.8 Å². The van der Waals surface area contributed by atoms with Crippen molar-refractivity contribution in [3.63, 3.8) is 0 Å². The molecule has 2 heterocycles. The molecule has 1 aromatic heterocycles. The zero-order valence-electron chi connectivity index (χ0n) is 9.06. The SMILES string of the molecule is CNCCn1ncc2cc3c(cc21)OCO3. The summed E-state index contributed by atoms with van der Waals surface area (Å²) >= 11 is 0. The van der Waals surface area contributed by atoms with Crippen molar-refractivity contribution < 1.29 is 9.47 Å². The van der Waals surface area contributed by atoms with Gasteiger partial charge in [-0.1, -0.05) is 0 Å². The lowest BCUT2D eigenvalue weighted by atomic mass is 10.2. The first kappa shape index (κ1) is 9.47. The molecular formula is C11H13N3O2. The highest BCUT2D eigenvalue weighted by Gasteiger charge is 2.16. The molecular weight excluding hydrogens is 206 g/mol. The standard InChI is InChI=1S/C11H13N3O2/c1-12-2-3-14-9-5-11-10(15-7-16-11)4-8(9)6-13-14/h4-6,12H,2-3,7H2,1H3. The van der Waals surface area contributed by atoms with Crippen LogP contribution in [0.15, 0.2) is 18.3 Å². The molecule has 1 N–H and O–H groups in total. The number of nitrogens with one attached hydrogen (secondary N) is 1. The number of ether oxygens (including phenoxy) is 2. The Kier molecular flexibility index (Phi) is 2.18. The quantitative estimate of drug-likeness (QED) is 0.836. The Morgan fingerprint density at radius 1 is 1.38 bits per heavy atom. The number of hydrogen-bond donors (Lipinski definition) is 1. The van der Waals surface area contributed by atoms with E-state index in [-0.39, 0.29) is 0 Å². The van der Waals surface area contributed by atoms with Gasteiger partial charge in [-0.2, -0.15) is 5.10 Å². The normalized spacial score (nSPS) is 13.6. The molecule has 0 fully saturated rings. The van der Waals surface area contributed by atoms with E-state index in [4.69, 9.17) is 9.47 Å². The maximum Gasteiger partial charge on any atom is 0.231 e. The van der Waals surface area contributed by atoms with Crippen LogP contribution in [0.5, 0.6) is 11.5 Å². The molecule has 1 aromatic carbocycles. The molecule has 0 amide bonds. The number of benzene rings is 1. The van der Waals surface area contributed by atoms with Gasteiger partial charge in [-0.15, -0.1) is 0 Å². The summed E-state index contributed by atoms with van der Waals surface area (Å²) in [5.41, 5.74) is 1.08. The molecule has 2 aromatic rings. The topological polar surface area (TPSA) is 48.3 Å². The maximum absolute atomic E-state index is 5.36. The van der Waals surface area contributed by atoms with E-state index in [1.165, 1.54) is 0 Å². The molecule has 0 unspecified atom stereocenters. The van der Waals surface area contributed by atoms with Crippen molar-refractivity contribution in [2.45, 2.75) is 6.54 Å². The Balaban J connectivity index is 2.05.